The molecule has 0 fully saturated rings. The van der Waals surface area contributed by atoms with Gasteiger partial charge in [0.25, 0.3) is 11.6 Å². The third-order valence-electron chi connectivity index (χ3n) is 3.29. The van der Waals surface area contributed by atoms with E-state index in [1.54, 1.807) is 0 Å². The number of nitro groups is 1. The Morgan fingerprint density at radius 3 is 2.37 bits per heavy atom. The van der Waals surface area contributed by atoms with E-state index < -0.39 is 33.2 Å². The highest BCUT2D eigenvalue weighted by molar-refractivity contribution is 7.90. The lowest BCUT2D eigenvalue weighted by molar-refractivity contribution is -0.384. The van der Waals surface area contributed by atoms with E-state index in [2.05, 4.69) is 5.32 Å². The first-order valence-electron chi connectivity index (χ1n) is 7.29. The minimum absolute atomic E-state index is 0.0329. The minimum atomic E-state index is -3.49. The Kier molecular flexibility index (Phi) is 6.13. The van der Waals surface area contributed by atoms with Crippen molar-refractivity contribution in [2.75, 3.05) is 18.2 Å². The number of ether oxygens (including phenoxy) is 1. The number of nitro benzene ring substituents is 1. The van der Waals surface area contributed by atoms with E-state index in [1.807, 2.05) is 0 Å². The Balaban J connectivity index is 2.00. The highest BCUT2D eigenvalue weighted by Gasteiger charge is 2.15. The molecular formula is C16H13ClN2O7S. The number of rotatable bonds is 6. The van der Waals surface area contributed by atoms with Crippen molar-refractivity contribution in [1.29, 1.82) is 0 Å². The van der Waals surface area contributed by atoms with Crippen molar-refractivity contribution in [1.82, 2.24) is 0 Å². The van der Waals surface area contributed by atoms with Gasteiger partial charge in [0.05, 0.1) is 26.1 Å². The molecule has 0 aromatic heterocycles. The molecule has 11 heteroatoms. The molecule has 1 N–H and O–H groups in total. The number of benzene rings is 2. The SMILES string of the molecule is CS(=O)(=O)c1ccc(Cl)c(NC(=O)COC(=O)c2ccc([N+](=O)[O-])cc2)c1. The summed E-state index contributed by atoms with van der Waals surface area (Å²) in [5.74, 6) is -1.59. The molecule has 0 heterocycles. The Labute approximate surface area is 159 Å². The molecule has 1 amide bonds. The molecule has 0 unspecified atom stereocenters. The lowest BCUT2D eigenvalue weighted by Crippen LogP contribution is -2.21. The van der Waals surface area contributed by atoms with Gasteiger partial charge in [-0.25, -0.2) is 13.2 Å². The summed E-state index contributed by atoms with van der Waals surface area (Å²) >= 11 is 5.92. The molecule has 27 heavy (non-hydrogen) atoms. The zero-order chi connectivity index (χ0) is 20.2. The van der Waals surface area contributed by atoms with Crippen molar-refractivity contribution in [2.45, 2.75) is 4.90 Å². The molecule has 0 aliphatic heterocycles. The third-order valence-corrected chi connectivity index (χ3v) is 4.73. The molecule has 2 aromatic rings. The number of hydrogen-bond donors (Lipinski definition) is 1. The number of halogens is 1. The Hall–Kier alpha value is -2.98. The summed E-state index contributed by atoms with van der Waals surface area (Å²) in [4.78, 5) is 33.7. The van der Waals surface area contributed by atoms with Crippen LogP contribution in [0.25, 0.3) is 0 Å². The highest BCUT2D eigenvalue weighted by atomic mass is 35.5. The van der Waals surface area contributed by atoms with Crippen molar-refractivity contribution in [3.8, 4) is 0 Å². The number of sulfone groups is 1. The number of carbonyl (C=O) groups is 2. The van der Waals surface area contributed by atoms with Crippen molar-refractivity contribution in [2.24, 2.45) is 0 Å². The maximum absolute atomic E-state index is 11.9. The summed E-state index contributed by atoms with van der Waals surface area (Å²) in [5, 5.41) is 13.0. The van der Waals surface area contributed by atoms with Gasteiger partial charge in [-0.15, -0.1) is 0 Å². The average molecular weight is 413 g/mol. The van der Waals surface area contributed by atoms with E-state index in [4.69, 9.17) is 16.3 Å². The minimum Gasteiger partial charge on any atom is -0.452 e. The normalized spacial score (nSPS) is 10.9. The molecule has 0 bridgehead atoms. The molecule has 2 rings (SSSR count). The predicted octanol–water partition coefficient (Wildman–Crippen LogP) is 2.45. The number of hydrogen-bond acceptors (Lipinski definition) is 7. The van der Waals surface area contributed by atoms with Crippen LogP contribution in [0.2, 0.25) is 5.02 Å². The topological polar surface area (TPSA) is 133 Å². The van der Waals surface area contributed by atoms with Crippen molar-refractivity contribution >= 4 is 44.7 Å². The molecule has 0 spiro atoms. The molecule has 0 saturated heterocycles. The second-order valence-electron chi connectivity index (χ2n) is 5.34. The van der Waals surface area contributed by atoms with Gasteiger partial charge in [0.2, 0.25) is 0 Å². The van der Waals surface area contributed by atoms with Gasteiger partial charge in [0.1, 0.15) is 0 Å². The third kappa shape index (κ3) is 5.50. The zero-order valence-electron chi connectivity index (χ0n) is 13.8. The summed E-state index contributed by atoms with van der Waals surface area (Å²) in [7, 11) is -3.49. The van der Waals surface area contributed by atoms with Crippen molar-refractivity contribution < 1.29 is 27.7 Å². The van der Waals surface area contributed by atoms with Gasteiger partial charge in [-0.3, -0.25) is 14.9 Å². The molecule has 0 atom stereocenters. The Morgan fingerprint density at radius 2 is 1.81 bits per heavy atom. The van der Waals surface area contributed by atoms with Gasteiger partial charge in [-0.2, -0.15) is 0 Å². The van der Waals surface area contributed by atoms with E-state index in [9.17, 15) is 28.1 Å². The molecule has 0 aliphatic carbocycles. The largest absolute Gasteiger partial charge is 0.452 e. The quantitative estimate of drug-likeness (QED) is 0.437. The molecule has 0 radical (unpaired) electrons. The summed E-state index contributed by atoms with van der Waals surface area (Å²) < 4.78 is 27.9. The molecule has 142 valence electrons. The van der Waals surface area contributed by atoms with Crippen LogP contribution in [0.3, 0.4) is 0 Å². The first-order valence-corrected chi connectivity index (χ1v) is 9.56. The van der Waals surface area contributed by atoms with Crippen LogP contribution in [0, 0.1) is 10.1 Å². The van der Waals surface area contributed by atoms with Crippen molar-refractivity contribution in [3.63, 3.8) is 0 Å². The maximum Gasteiger partial charge on any atom is 0.338 e. The van der Waals surface area contributed by atoms with Gasteiger partial charge >= 0.3 is 5.97 Å². The number of esters is 1. The highest BCUT2D eigenvalue weighted by Crippen LogP contribution is 2.25. The molecular weight excluding hydrogens is 400 g/mol. The fourth-order valence-electron chi connectivity index (χ4n) is 1.95. The van der Waals surface area contributed by atoms with Gasteiger partial charge in [-0.05, 0) is 30.3 Å². The van der Waals surface area contributed by atoms with Crippen LogP contribution >= 0.6 is 11.6 Å². The lowest BCUT2D eigenvalue weighted by Gasteiger charge is -2.09. The summed E-state index contributed by atoms with van der Waals surface area (Å²) in [5.41, 5.74) is -0.105. The van der Waals surface area contributed by atoms with Gasteiger partial charge in [0.15, 0.2) is 16.4 Å². The van der Waals surface area contributed by atoms with Crippen LogP contribution in [0.4, 0.5) is 11.4 Å². The summed E-state index contributed by atoms with van der Waals surface area (Å²) in [6.07, 6.45) is 1.01. The second-order valence-corrected chi connectivity index (χ2v) is 7.77. The summed E-state index contributed by atoms with van der Waals surface area (Å²) in [6.45, 7) is -0.657. The van der Waals surface area contributed by atoms with Crippen LogP contribution in [-0.4, -0.2) is 38.1 Å². The standard InChI is InChI=1S/C16H13ClN2O7S/c1-27(24,25)12-6-7-13(17)14(8-12)18-15(20)9-26-16(21)10-2-4-11(5-3-10)19(22)23/h2-8H,9H2,1H3,(H,18,20). The first kappa shape index (κ1) is 20.3. The predicted molar refractivity (Wildman–Crippen MR) is 96.6 cm³/mol. The van der Waals surface area contributed by atoms with E-state index in [1.165, 1.54) is 30.3 Å². The Bertz CT molecular complexity index is 1000. The smallest absolute Gasteiger partial charge is 0.338 e. The van der Waals surface area contributed by atoms with Gasteiger partial charge in [-0.1, -0.05) is 11.6 Å². The first-order chi connectivity index (χ1) is 12.6. The summed E-state index contributed by atoms with van der Waals surface area (Å²) in [6, 6.07) is 8.46. The molecule has 2 aromatic carbocycles. The van der Waals surface area contributed by atoms with Crippen LogP contribution < -0.4 is 5.32 Å². The van der Waals surface area contributed by atoms with E-state index in [0.29, 0.717) is 0 Å². The number of nitrogens with zero attached hydrogens (tertiary/aromatic N) is 1. The fraction of sp³-hybridized carbons (Fsp3) is 0.125. The number of non-ortho nitro benzene ring substituents is 1. The average Bonchev–Trinajstić information content (AvgIpc) is 2.60. The lowest BCUT2D eigenvalue weighted by atomic mass is 10.2. The zero-order valence-corrected chi connectivity index (χ0v) is 15.4. The second kappa shape index (κ2) is 8.14. The number of nitrogens with one attached hydrogen (secondary N) is 1. The van der Waals surface area contributed by atoms with Crippen molar-refractivity contribution in [3.05, 3.63) is 63.2 Å². The molecule has 0 aliphatic rings. The number of amides is 1. The van der Waals surface area contributed by atoms with Crippen LogP contribution in [0.1, 0.15) is 10.4 Å². The molecule has 9 nitrogen and oxygen atoms in total. The number of anilines is 1. The van der Waals surface area contributed by atoms with E-state index in [-0.39, 0.29) is 26.9 Å². The molecule has 0 saturated carbocycles. The van der Waals surface area contributed by atoms with Gasteiger partial charge < -0.3 is 10.1 Å². The van der Waals surface area contributed by atoms with Crippen LogP contribution in [0.15, 0.2) is 47.4 Å². The van der Waals surface area contributed by atoms with E-state index in [0.717, 1.165) is 18.4 Å². The van der Waals surface area contributed by atoms with Crippen LogP contribution in [0.5, 0.6) is 0 Å². The Morgan fingerprint density at radius 1 is 1.19 bits per heavy atom. The van der Waals surface area contributed by atoms with Crippen LogP contribution in [-0.2, 0) is 19.4 Å². The van der Waals surface area contributed by atoms with Gasteiger partial charge in [0, 0.05) is 18.4 Å². The maximum atomic E-state index is 11.9. The number of carbonyl (C=O) groups excluding carboxylic acids is 2. The fourth-order valence-corrected chi connectivity index (χ4v) is 2.76. The monoisotopic (exact) mass is 412 g/mol. The van der Waals surface area contributed by atoms with E-state index >= 15 is 0 Å².